The van der Waals surface area contributed by atoms with Crippen molar-refractivity contribution in [3.8, 4) is 5.75 Å². The number of carbonyl (C=O) groups is 1. The molecule has 0 atom stereocenters. The summed E-state index contributed by atoms with van der Waals surface area (Å²) >= 11 is 0. The van der Waals surface area contributed by atoms with Gasteiger partial charge in [0, 0.05) is 34.3 Å². The van der Waals surface area contributed by atoms with Crippen molar-refractivity contribution in [3.05, 3.63) is 41.2 Å². The molecule has 0 bridgehead atoms. The van der Waals surface area contributed by atoms with Crippen molar-refractivity contribution >= 4 is 27.7 Å². The van der Waals surface area contributed by atoms with Crippen LogP contribution in [-0.4, -0.2) is 30.2 Å². The predicted octanol–water partition coefficient (Wildman–Crippen LogP) is 5.95. The summed E-state index contributed by atoms with van der Waals surface area (Å²) in [6.07, 6.45) is 7.63. The van der Waals surface area contributed by atoms with E-state index in [1.165, 1.54) is 38.5 Å². The Morgan fingerprint density at radius 2 is 1.87 bits per heavy atom. The summed E-state index contributed by atoms with van der Waals surface area (Å²) in [6, 6.07) is 8.67. The highest BCUT2D eigenvalue weighted by Crippen LogP contribution is 2.44. The van der Waals surface area contributed by atoms with Crippen LogP contribution in [0, 0.1) is 6.92 Å². The number of nitrogens with zero attached hydrogens (tertiary/aromatic N) is 1. The van der Waals surface area contributed by atoms with E-state index < -0.39 is 0 Å². The Balaban J connectivity index is 1.70. The normalized spacial score (nSPS) is 18.2. The molecule has 2 aromatic carbocycles. The van der Waals surface area contributed by atoms with Gasteiger partial charge < -0.3 is 13.9 Å². The number of carbonyl (C=O) groups excluding carboxylic acids is 1. The van der Waals surface area contributed by atoms with Crippen LogP contribution in [0.1, 0.15) is 67.1 Å². The number of furan rings is 1. The first kappa shape index (κ1) is 19.4. The summed E-state index contributed by atoms with van der Waals surface area (Å²) in [5.74, 6) is 1.17. The molecule has 0 N–H and O–H groups in total. The smallest absolute Gasteiger partial charge is 0.342 e. The van der Waals surface area contributed by atoms with E-state index >= 15 is 0 Å². The van der Waals surface area contributed by atoms with Crippen LogP contribution in [0.2, 0.25) is 0 Å². The number of fused-ring (bicyclic) bond motifs is 6. The highest BCUT2D eigenvalue weighted by atomic mass is 16.5. The van der Waals surface area contributed by atoms with Crippen LogP contribution in [0.5, 0.6) is 5.75 Å². The number of benzene rings is 2. The van der Waals surface area contributed by atoms with Crippen LogP contribution < -0.4 is 4.74 Å². The maximum atomic E-state index is 12.9. The van der Waals surface area contributed by atoms with Crippen molar-refractivity contribution in [1.29, 1.82) is 0 Å². The first-order valence-corrected chi connectivity index (χ1v) is 11.2. The Hall–Kier alpha value is -2.53. The molecule has 5 heteroatoms. The Kier molecular flexibility index (Phi) is 5.15. The lowest BCUT2D eigenvalue weighted by atomic mass is 9.95. The summed E-state index contributed by atoms with van der Waals surface area (Å²) in [6.45, 7) is 5.38. The number of rotatable bonds is 3. The van der Waals surface area contributed by atoms with Gasteiger partial charge in [-0.1, -0.05) is 49.9 Å². The summed E-state index contributed by atoms with van der Waals surface area (Å²) in [7, 11) is 0. The molecular formula is C25H29NO4. The Labute approximate surface area is 176 Å². The van der Waals surface area contributed by atoms with E-state index in [2.05, 4.69) is 11.0 Å². The van der Waals surface area contributed by atoms with Crippen LogP contribution in [0.25, 0.3) is 21.7 Å². The van der Waals surface area contributed by atoms with E-state index in [0.29, 0.717) is 30.7 Å². The standard InChI is InChI=1S/C25H29NO4/c1-3-28-25(27)21-16(2)30-24-19-13-9-8-12-18(19)23-20(22(21)24)14-26(15-29-23)17-10-6-4-5-7-11-17/h8-9,12-13,17H,3-7,10-11,14-15H2,1-2H3. The average molecular weight is 408 g/mol. The molecular weight excluding hydrogens is 378 g/mol. The lowest BCUT2D eigenvalue weighted by Crippen LogP contribution is -2.40. The number of hydrogen-bond donors (Lipinski definition) is 0. The Morgan fingerprint density at radius 1 is 1.13 bits per heavy atom. The minimum absolute atomic E-state index is 0.321. The molecule has 1 saturated carbocycles. The van der Waals surface area contributed by atoms with Gasteiger partial charge in [0.05, 0.1) is 6.61 Å². The minimum Gasteiger partial charge on any atom is -0.477 e. The fourth-order valence-electron chi connectivity index (χ4n) is 5.20. The Bertz CT molecular complexity index is 1090. The maximum Gasteiger partial charge on any atom is 0.342 e. The largest absolute Gasteiger partial charge is 0.477 e. The molecule has 1 aliphatic heterocycles. The molecule has 1 fully saturated rings. The number of ether oxygens (including phenoxy) is 2. The second-order valence-electron chi connectivity index (χ2n) is 8.48. The van der Waals surface area contributed by atoms with E-state index in [1.807, 2.05) is 32.0 Å². The van der Waals surface area contributed by atoms with E-state index in [9.17, 15) is 4.79 Å². The molecule has 5 nitrogen and oxygen atoms in total. The number of esters is 1. The fraction of sp³-hybridized carbons (Fsp3) is 0.480. The molecule has 0 radical (unpaired) electrons. The van der Waals surface area contributed by atoms with Crippen LogP contribution in [0.4, 0.5) is 0 Å². The molecule has 2 heterocycles. The Morgan fingerprint density at radius 3 is 2.60 bits per heavy atom. The van der Waals surface area contributed by atoms with Gasteiger partial charge in [-0.15, -0.1) is 0 Å². The summed E-state index contributed by atoms with van der Waals surface area (Å²) in [4.78, 5) is 15.3. The quantitative estimate of drug-likeness (QED) is 0.397. The van der Waals surface area contributed by atoms with Crippen molar-refractivity contribution in [2.24, 2.45) is 0 Å². The molecule has 30 heavy (non-hydrogen) atoms. The lowest BCUT2D eigenvalue weighted by Gasteiger charge is -2.36. The zero-order valence-corrected chi connectivity index (χ0v) is 17.8. The van der Waals surface area contributed by atoms with Gasteiger partial charge in [-0.25, -0.2) is 4.79 Å². The third-order valence-corrected chi connectivity index (χ3v) is 6.63. The molecule has 0 unspecified atom stereocenters. The van der Waals surface area contributed by atoms with Crippen molar-refractivity contribution in [2.75, 3.05) is 13.3 Å². The van der Waals surface area contributed by atoms with Crippen molar-refractivity contribution < 1.29 is 18.7 Å². The van der Waals surface area contributed by atoms with E-state index in [4.69, 9.17) is 13.9 Å². The summed E-state index contributed by atoms with van der Waals surface area (Å²) < 4.78 is 17.9. The van der Waals surface area contributed by atoms with Crippen molar-refractivity contribution in [1.82, 2.24) is 4.90 Å². The zero-order valence-electron chi connectivity index (χ0n) is 17.8. The maximum absolute atomic E-state index is 12.9. The van der Waals surface area contributed by atoms with Crippen molar-refractivity contribution in [2.45, 2.75) is 65.0 Å². The van der Waals surface area contributed by atoms with Gasteiger partial charge in [-0.05, 0) is 26.7 Å². The SMILES string of the molecule is CCOC(=O)c1c(C)oc2c1c1c(c3ccccc32)OCN(C2CCCCCC2)C1. The zero-order chi connectivity index (χ0) is 20.7. The van der Waals surface area contributed by atoms with E-state index in [0.717, 1.165) is 39.6 Å². The summed E-state index contributed by atoms with van der Waals surface area (Å²) in [5, 5.41) is 2.88. The van der Waals surface area contributed by atoms with Crippen LogP contribution >= 0.6 is 0 Å². The third kappa shape index (κ3) is 3.16. The lowest BCUT2D eigenvalue weighted by molar-refractivity contribution is 0.0507. The summed E-state index contributed by atoms with van der Waals surface area (Å²) in [5.41, 5.74) is 2.36. The van der Waals surface area contributed by atoms with Crippen molar-refractivity contribution in [3.63, 3.8) is 0 Å². The van der Waals surface area contributed by atoms with E-state index in [1.54, 1.807) is 0 Å². The molecule has 158 valence electrons. The molecule has 1 aliphatic carbocycles. The highest BCUT2D eigenvalue weighted by molar-refractivity contribution is 6.16. The van der Waals surface area contributed by atoms with Crippen LogP contribution in [0.15, 0.2) is 28.7 Å². The molecule has 0 spiro atoms. The van der Waals surface area contributed by atoms with Crippen LogP contribution in [-0.2, 0) is 11.3 Å². The first-order valence-electron chi connectivity index (χ1n) is 11.2. The molecule has 0 saturated heterocycles. The van der Waals surface area contributed by atoms with Gasteiger partial charge >= 0.3 is 5.97 Å². The second-order valence-corrected chi connectivity index (χ2v) is 8.48. The second kappa shape index (κ2) is 7.95. The fourth-order valence-corrected chi connectivity index (χ4v) is 5.20. The van der Waals surface area contributed by atoms with Gasteiger partial charge in [0.1, 0.15) is 29.4 Å². The molecule has 3 aromatic rings. The first-order chi connectivity index (χ1) is 14.7. The monoisotopic (exact) mass is 407 g/mol. The van der Waals surface area contributed by atoms with Gasteiger partial charge in [-0.3, -0.25) is 4.90 Å². The van der Waals surface area contributed by atoms with E-state index in [-0.39, 0.29) is 5.97 Å². The highest BCUT2D eigenvalue weighted by Gasteiger charge is 2.32. The molecule has 0 amide bonds. The molecule has 2 aliphatic rings. The van der Waals surface area contributed by atoms with Gasteiger partial charge in [0.2, 0.25) is 0 Å². The van der Waals surface area contributed by atoms with Crippen LogP contribution in [0.3, 0.4) is 0 Å². The number of aryl methyl sites for hydroxylation is 1. The predicted molar refractivity (Wildman–Crippen MR) is 117 cm³/mol. The van der Waals surface area contributed by atoms with Gasteiger partial charge in [0.25, 0.3) is 0 Å². The van der Waals surface area contributed by atoms with Gasteiger partial charge in [-0.2, -0.15) is 0 Å². The van der Waals surface area contributed by atoms with Gasteiger partial charge in [0.15, 0.2) is 0 Å². The minimum atomic E-state index is -0.321. The average Bonchev–Trinajstić information content (AvgIpc) is 2.92. The third-order valence-electron chi connectivity index (χ3n) is 6.63. The number of hydrogen-bond acceptors (Lipinski definition) is 5. The molecule has 1 aromatic heterocycles. The molecule has 5 rings (SSSR count). The topological polar surface area (TPSA) is 51.9 Å².